The van der Waals surface area contributed by atoms with Gasteiger partial charge in [0.2, 0.25) is 0 Å². The normalized spacial score (nSPS) is 9.50. The Morgan fingerprint density at radius 3 is 2.79 bits per heavy atom. The third-order valence-electron chi connectivity index (χ3n) is 1.76. The number of phenolic OH excluding ortho intramolecular Hbond substituents is 1. The number of ether oxygens (including phenoxy) is 1. The Kier molecular flexibility index (Phi) is 3.29. The summed E-state index contributed by atoms with van der Waals surface area (Å²) >= 11 is 0. The van der Waals surface area contributed by atoms with Crippen molar-refractivity contribution in [1.82, 2.24) is 0 Å². The molecule has 3 N–H and O–H groups in total. The van der Waals surface area contributed by atoms with E-state index in [1.807, 2.05) is 6.07 Å². The van der Waals surface area contributed by atoms with Crippen LogP contribution in [0.1, 0.15) is 11.1 Å². The Hall–Kier alpha value is -1.77. The van der Waals surface area contributed by atoms with Crippen molar-refractivity contribution in [2.45, 2.75) is 6.61 Å². The molecule has 0 aliphatic heterocycles. The number of hydrogen-bond acceptors (Lipinski definition) is 5. The summed E-state index contributed by atoms with van der Waals surface area (Å²) in [6, 6.07) is 4.77. The van der Waals surface area contributed by atoms with Gasteiger partial charge in [-0.2, -0.15) is 5.26 Å². The number of nitrogens with zero attached hydrogens (tertiary/aromatic N) is 1. The van der Waals surface area contributed by atoms with E-state index < -0.39 is 0 Å². The molecule has 0 unspecified atom stereocenters. The largest absolute Gasteiger partial charge is 0.507 e. The first-order valence-corrected chi connectivity index (χ1v) is 3.84. The monoisotopic (exact) mass is 194 g/mol. The van der Waals surface area contributed by atoms with E-state index in [1.165, 1.54) is 19.2 Å². The molecule has 0 fully saturated rings. The van der Waals surface area contributed by atoms with Crippen LogP contribution in [0, 0.1) is 11.3 Å². The molecule has 5 nitrogen and oxygen atoms in total. The Bertz CT molecular complexity index is 371. The fraction of sp³-hybridized carbons (Fsp3) is 0.222. The van der Waals surface area contributed by atoms with Crippen molar-refractivity contribution in [1.29, 1.82) is 5.26 Å². The molecule has 0 saturated heterocycles. The highest BCUT2D eigenvalue weighted by Gasteiger charge is 2.09. The summed E-state index contributed by atoms with van der Waals surface area (Å²) in [6.45, 7) is 0.0461. The molecule has 0 aliphatic rings. The van der Waals surface area contributed by atoms with Crippen molar-refractivity contribution in [3.05, 3.63) is 23.3 Å². The molecule has 0 radical (unpaired) electrons. The molecule has 0 atom stereocenters. The second kappa shape index (κ2) is 4.46. The van der Waals surface area contributed by atoms with E-state index in [-0.39, 0.29) is 12.4 Å². The summed E-state index contributed by atoms with van der Waals surface area (Å²) in [5.74, 6) is 5.18. The SMILES string of the molecule is COc1cc(O)c(CON)cc1C#N. The summed E-state index contributed by atoms with van der Waals surface area (Å²) in [4.78, 5) is 4.37. The number of phenols is 1. The number of nitrogens with two attached hydrogens (primary N) is 1. The zero-order valence-electron chi connectivity index (χ0n) is 7.65. The van der Waals surface area contributed by atoms with Gasteiger partial charge in [-0.05, 0) is 6.07 Å². The summed E-state index contributed by atoms with van der Waals surface area (Å²) in [5.41, 5.74) is 0.780. The van der Waals surface area contributed by atoms with Gasteiger partial charge in [0.05, 0.1) is 19.3 Å². The topological polar surface area (TPSA) is 88.5 Å². The Labute approximate surface area is 81.2 Å². The fourth-order valence-electron chi connectivity index (χ4n) is 1.08. The van der Waals surface area contributed by atoms with E-state index in [2.05, 4.69) is 4.84 Å². The van der Waals surface area contributed by atoms with Crippen molar-refractivity contribution in [3.63, 3.8) is 0 Å². The molecule has 1 aromatic carbocycles. The van der Waals surface area contributed by atoms with Crippen LogP contribution in [0.25, 0.3) is 0 Å². The van der Waals surface area contributed by atoms with Crippen LogP contribution in [0.3, 0.4) is 0 Å². The van der Waals surface area contributed by atoms with Gasteiger partial charge in [-0.25, -0.2) is 5.90 Å². The molecule has 0 heterocycles. The summed E-state index contributed by atoms with van der Waals surface area (Å²) in [7, 11) is 1.43. The predicted octanol–water partition coefficient (Wildman–Crippen LogP) is 0.663. The molecule has 5 heteroatoms. The van der Waals surface area contributed by atoms with Gasteiger partial charge in [0.15, 0.2) is 0 Å². The average molecular weight is 194 g/mol. The lowest BCUT2D eigenvalue weighted by atomic mass is 10.1. The van der Waals surface area contributed by atoms with Crippen LogP contribution in [0.4, 0.5) is 0 Å². The first-order chi connectivity index (χ1) is 6.72. The molecule has 0 saturated carbocycles. The van der Waals surface area contributed by atoms with Gasteiger partial charge in [0.1, 0.15) is 17.6 Å². The van der Waals surface area contributed by atoms with Crippen molar-refractivity contribution >= 4 is 0 Å². The van der Waals surface area contributed by atoms with Crippen LogP contribution in [0.2, 0.25) is 0 Å². The first kappa shape index (κ1) is 10.3. The molecular formula is C9H10N2O3. The molecule has 0 bridgehead atoms. The third kappa shape index (κ3) is 1.93. The van der Waals surface area contributed by atoms with Gasteiger partial charge in [0, 0.05) is 11.6 Å². The first-order valence-electron chi connectivity index (χ1n) is 3.84. The second-order valence-corrected chi connectivity index (χ2v) is 2.60. The Morgan fingerprint density at radius 1 is 1.57 bits per heavy atom. The van der Waals surface area contributed by atoms with Gasteiger partial charge in [-0.1, -0.05) is 0 Å². The van der Waals surface area contributed by atoms with E-state index in [1.54, 1.807) is 0 Å². The fourth-order valence-corrected chi connectivity index (χ4v) is 1.08. The van der Waals surface area contributed by atoms with Crippen LogP contribution in [0.5, 0.6) is 11.5 Å². The van der Waals surface area contributed by atoms with Crippen LogP contribution < -0.4 is 10.6 Å². The maximum atomic E-state index is 9.45. The van der Waals surface area contributed by atoms with Gasteiger partial charge >= 0.3 is 0 Å². The van der Waals surface area contributed by atoms with Crippen molar-refractivity contribution in [2.75, 3.05) is 7.11 Å². The summed E-state index contributed by atoms with van der Waals surface area (Å²) < 4.78 is 4.90. The van der Waals surface area contributed by atoms with Crippen LogP contribution in [0.15, 0.2) is 12.1 Å². The van der Waals surface area contributed by atoms with E-state index in [0.717, 1.165) is 0 Å². The number of aromatic hydroxyl groups is 1. The smallest absolute Gasteiger partial charge is 0.140 e. The van der Waals surface area contributed by atoms with E-state index in [4.69, 9.17) is 15.9 Å². The Balaban J connectivity index is 3.18. The molecule has 0 aromatic heterocycles. The second-order valence-electron chi connectivity index (χ2n) is 2.60. The number of hydrogen-bond donors (Lipinski definition) is 2. The minimum Gasteiger partial charge on any atom is -0.507 e. The highest BCUT2D eigenvalue weighted by atomic mass is 16.6. The molecule has 1 rings (SSSR count). The van der Waals surface area contributed by atoms with Gasteiger partial charge < -0.3 is 9.84 Å². The van der Waals surface area contributed by atoms with E-state index in [0.29, 0.717) is 16.9 Å². The zero-order chi connectivity index (χ0) is 10.6. The summed E-state index contributed by atoms with van der Waals surface area (Å²) in [5, 5.41) is 18.2. The molecule has 0 aliphatic carbocycles. The minimum atomic E-state index is -0.00806. The molecule has 74 valence electrons. The van der Waals surface area contributed by atoms with Crippen LogP contribution >= 0.6 is 0 Å². The van der Waals surface area contributed by atoms with Crippen LogP contribution in [-0.4, -0.2) is 12.2 Å². The molecule has 0 spiro atoms. The van der Waals surface area contributed by atoms with E-state index in [9.17, 15) is 5.11 Å². The van der Waals surface area contributed by atoms with Crippen molar-refractivity contribution in [2.24, 2.45) is 5.90 Å². The summed E-state index contributed by atoms with van der Waals surface area (Å²) in [6.07, 6.45) is 0. The Morgan fingerprint density at radius 2 is 2.29 bits per heavy atom. The lowest BCUT2D eigenvalue weighted by Crippen LogP contribution is -2.00. The van der Waals surface area contributed by atoms with Crippen molar-refractivity contribution in [3.8, 4) is 17.6 Å². The van der Waals surface area contributed by atoms with Crippen LogP contribution in [-0.2, 0) is 11.4 Å². The highest BCUT2D eigenvalue weighted by Crippen LogP contribution is 2.27. The van der Waals surface area contributed by atoms with Crippen molar-refractivity contribution < 1.29 is 14.7 Å². The molecule has 1 aromatic rings. The average Bonchev–Trinajstić information content (AvgIpc) is 2.20. The van der Waals surface area contributed by atoms with Gasteiger partial charge in [-0.15, -0.1) is 0 Å². The minimum absolute atomic E-state index is 0.00806. The number of benzene rings is 1. The molecule has 14 heavy (non-hydrogen) atoms. The van der Waals surface area contributed by atoms with E-state index >= 15 is 0 Å². The predicted molar refractivity (Wildman–Crippen MR) is 48.4 cm³/mol. The van der Waals surface area contributed by atoms with Gasteiger partial charge in [0.25, 0.3) is 0 Å². The number of methoxy groups -OCH3 is 1. The van der Waals surface area contributed by atoms with Gasteiger partial charge in [-0.3, -0.25) is 4.84 Å². The maximum Gasteiger partial charge on any atom is 0.140 e. The highest BCUT2D eigenvalue weighted by molar-refractivity contribution is 5.51. The quantitative estimate of drug-likeness (QED) is 0.690. The third-order valence-corrected chi connectivity index (χ3v) is 1.76. The molecular weight excluding hydrogens is 184 g/mol. The lowest BCUT2D eigenvalue weighted by molar-refractivity contribution is 0.122. The maximum absolute atomic E-state index is 9.45. The number of nitriles is 1. The standard InChI is InChI=1S/C9H10N2O3/c1-13-9-3-8(12)7(5-14-11)2-6(9)4-10/h2-3,12H,5,11H2,1H3. The molecule has 0 amide bonds. The zero-order valence-corrected chi connectivity index (χ0v) is 7.65. The lowest BCUT2D eigenvalue weighted by Gasteiger charge is -2.07. The number of rotatable bonds is 3.